The molecule has 1 aromatic heterocycles. The molecular formula is C17H23F2N5O. The van der Waals surface area contributed by atoms with Crippen LogP contribution in [-0.4, -0.2) is 72.1 Å². The van der Waals surface area contributed by atoms with Crippen LogP contribution in [0.4, 0.5) is 14.6 Å². The fraction of sp³-hybridized carbons (Fsp3) is 0.706. The maximum atomic E-state index is 12.7. The minimum atomic E-state index is -2.39. The molecule has 2 aliphatic heterocycles. The molecule has 0 aromatic carbocycles. The molecule has 8 heteroatoms. The summed E-state index contributed by atoms with van der Waals surface area (Å²) in [6, 6.07) is 2.02. The van der Waals surface area contributed by atoms with Crippen molar-refractivity contribution in [2.45, 2.75) is 25.8 Å². The van der Waals surface area contributed by atoms with Gasteiger partial charge in [0.05, 0.1) is 5.69 Å². The monoisotopic (exact) mass is 351 g/mol. The van der Waals surface area contributed by atoms with Gasteiger partial charge in [-0.3, -0.25) is 4.79 Å². The highest BCUT2D eigenvalue weighted by Gasteiger charge is 2.50. The highest BCUT2D eigenvalue weighted by Crippen LogP contribution is 2.44. The Morgan fingerprint density at radius 3 is 2.64 bits per heavy atom. The van der Waals surface area contributed by atoms with Crippen molar-refractivity contribution in [1.82, 2.24) is 20.0 Å². The van der Waals surface area contributed by atoms with E-state index in [1.807, 2.05) is 6.07 Å². The first-order valence-corrected chi connectivity index (χ1v) is 8.89. The summed E-state index contributed by atoms with van der Waals surface area (Å²) in [5.74, 6) is -0.522. The zero-order valence-electron chi connectivity index (χ0n) is 14.4. The van der Waals surface area contributed by atoms with Crippen LogP contribution in [0.1, 0.15) is 17.7 Å². The van der Waals surface area contributed by atoms with E-state index in [2.05, 4.69) is 27.0 Å². The molecule has 1 saturated carbocycles. The lowest BCUT2D eigenvalue weighted by molar-refractivity contribution is -0.134. The minimum Gasteiger partial charge on any atom is -0.353 e. The Kier molecular flexibility index (Phi) is 4.31. The van der Waals surface area contributed by atoms with Crippen molar-refractivity contribution in [2.24, 2.45) is 11.8 Å². The van der Waals surface area contributed by atoms with Crippen molar-refractivity contribution in [2.75, 3.05) is 44.7 Å². The number of alkyl halides is 2. The van der Waals surface area contributed by atoms with Gasteiger partial charge in [-0.15, -0.1) is 5.10 Å². The number of amides is 1. The van der Waals surface area contributed by atoms with Gasteiger partial charge >= 0.3 is 0 Å². The van der Waals surface area contributed by atoms with E-state index in [1.54, 1.807) is 4.90 Å². The van der Waals surface area contributed by atoms with Gasteiger partial charge in [-0.2, -0.15) is 5.10 Å². The second-order valence-electron chi connectivity index (χ2n) is 7.32. The Labute approximate surface area is 145 Å². The first-order chi connectivity index (χ1) is 12.0. The summed E-state index contributed by atoms with van der Waals surface area (Å²) in [5.41, 5.74) is 1.92. The molecule has 1 aromatic rings. The van der Waals surface area contributed by atoms with Crippen LogP contribution in [0.15, 0.2) is 6.07 Å². The van der Waals surface area contributed by atoms with Crippen molar-refractivity contribution in [3.8, 4) is 0 Å². The third kappa shape index (κ3) is 3.31. The largest absolute Gasteiger partial charge is 0.353 e. The Morgan fingerprint density at radius 2 is 1.96 bits per heavy atom. The average molecular weight is 351 g/mol. The van der Waals surface area contributed by atoms with Crippen LogP contribution in [0.25, 0.3) is 0 Å². The van der Waals surface area contributed by atoms with Crippen LogP contribution >= 0.6 is 0 Å². The number of anilines is 1. The Bertz CT molecular complexity index is 662. The van der Waals surface area contributed by atoms with Crippen LogP contribution in [0.5, 0.6) is 0 Å². The van der Waals surface area contributed by atoms with E-state index in [-0.39, 0.29) is 5.91 Å². The summed E-state index contributed by atoms with van der Waals surface area (Å²) in [4.78, 5) is 18.6. The molecule has 2 fully saturated rings. The lowest BCUT2D eigenvalue weighted by atomic mass is 10.1. The molecule has 1 aliphatic carbocycles. The summed E-state index contributed by atoms with van der Waals surface area (Å²) in [6.45, 7) is 4.79. The number of likely N-dealkylation sites (N-methyl/N-ethyl adjacent to an activating group) is 1. The molecule has 0 spiro atoms. The second kappa shape index (κ2) is 6.48. The summed E-state index contributed by atoms with van der Waals surface area (Å²) in [5, 5.41) is 8.70. The van der Waals surface area contributed by atoms with E-state index in [9.17, 15) is 13.6 Å². The normalized spacial score (nSPS) is 26.7. The lowest BCUT2D eigenvalue weighted by Gasteiger charge is -2.34. The fourth-order valence-electron chi connectivity index (χ4n) is 3.71. The van der Waals surface area contributed by atoms with E-state index >= 15 is 0 Å². The molecule has 0 radical (unpaired) electrons. The standard InChI is InChI=1S/C17H23F2N5O/c1-22-4-6-23(7-5-22)15-8-11-10-24(3-2-14(11)20-21-15)17(25)13-9-12(13)16(18)19/h8,12-13,16H,2-7,9-10H2,1H3/t12-,13-/m0/s1. The van der Waals surface area contributed by atoms with E-state index in [0.717, 1.165) is 43.3 Å². The summed E-state index contributed by atoms with van der Waals surface area (Å²) in [6.07, 6.45) is -1.43. The number of nitrogens with zero attached hydrogens (tertiary/aromatic N) is 5. The number of hydrogen-bond acceptors (Lipinski definition) is 5. The Morgan fingerprint density at radius 1 is 1.20 bits per heavy atom. The second-order valence-corrected chi connectivity index (χ2v) is 7.32. The van der Waals surface area contributed by atoms with E-state index in [0.29, 0.717) is 25.9 Å². The molecule has 6 nitrogen and oxygen atoms in total. The number of hydrogen-bond donors (Lipinski definition) is 0. The number of aromatic nitrogens is 2. The van der Waals surface area contributed by atoms with Gasteiger partial charge < -0.3 is 14.7 Å². The van der Waals surface area contributed by atoms with Crippen molar-refractivity contribution in [3.63, 3.8) is 0 Å². The molecule has 0 unspecified atom stereocenters. The highest BCUT2D eigenvalue weighted by molar-refractivity contribution is 5.82. The van der Waals surface area contributed by atoms with E-state index < -0.39 is 18.3 Å². The number of carbonyl (C=O) groups is 1. The lowest BCUT2D eigenvalue weighted by Crippen LogP contribution is -2.45. The highest BCUT2D eigenvalue weighted by atomic mass is 19.3. The predicted molar refractivity (Wildman–Crippen MR) is 88.5 cm³/mol. The molecule has 3 aliphatic rings. The molecule has 3 heterocycles. The van der Waals surface area contributed by atoms with E-state index in [1.165, 1.54) is 0 Å². The van der Waals surface area contributed by atoms with Crippen molar-refractivity contribution in [1.29, 1.82) is 0 Å². The zero-order valence-corrected chi connectivity index (χ0v) is 14.4. The molecule has 0 N–H and O–H groups in total. The maximum absolute atomic E-state index is 12.7. The maximum Gasteiger partial charge on any atom is 0.242 e. The molecule has 25 heavy (non-hydrogen) atoms. The third-order valence-corrected chi connectivity index (χ3v) is 5.55. The van der Waals surface area contributed by atoms with Gasteiger partial charge in [0, 0.05) is 57.5 Å². The number of rotatable bonds is 3. The van der Waals surface area contributed by atoms with E-state index in [4.69, 9.17) is 0 Å². The number of piperazine rings is 1. The molecule has 136 valence electrons. The van der Waals surface area contributed by atoms with Gasteiger partial charge in [-0.05, 0) is 25.1 Å². The van der Waals surface area contributed by atoms with Crippen LogP contribution in [0.2, 0.25) is 0 Å². The van der Waals surface area contributed by atoms with Gasteiger partial charge in [-0.25, -0.2) is 8.78 Å². The first-order valence-electron chi connectivity index (χ1n) is 8.89. The topological polar surface area (TPSA) is 52.6 Å². The van der Waals surface area contributed by atoms with Crippen molar-refractivity contribution in [3.05, 3.63) is 17.3 Å². The summed E-state index contributed by atoms with van der Waals surface area (Å²) in [7, 11) is 2.10. The van der Waals surface area contributed by atoms with Crippen LogP contribution in [-0.2, 0) is 17.8 Å². The SMILES string of the molecule is CN1CCN(c2cc3c(nn2)CCN(C(=O)[C@H]2C[C@@H]2C(F)F)C3)CC1. The molecular weight excluding hydrogens is 328 g/mol. The predicted octanol–water partition coefficient (Wildman–Crippen LogP) is 1.01. The molecule has 2 atom stereocenters. The van der Waals surface area contributed by atoms with Gasteiger partial charge in [0.25, 0.3) is 0 Å². The Balaban J connectivity index is 1.45. The van der Waals surface area contributed by atoms with Crippen LogP contribution < -0.4 is 4.90 Å². The minimum absolute atomic E-state index is 0.131. The van der Waals surface area contributed by atoms with Crippen molar-refractivity contribution < 1.29 is 13.6 Å². The van der Waals surface area contributed by atoms with Crippen molar-refractivity contribution >= 4 is 11.7 Å². The quantitative estimate of drug-likeness (QED) is 0.814. The molecule has 0 bridgehead atoms. The molecule has 1 amide bonds. The number of fused-ring (bicyclic) bond motifs is 1. The smallest absolute Gasteiger partial charge is 0.242 e. The summed E-state index contributed by atoms with van der Waals surface area (Å²) < 4.78 is 25.4. The number of carbonyl (C=O) groups excluding carboxylic acids is 1. The summed E-state index contributed by atoms with van der Waals surface area (Å²) >= 11 is 0. The fourth-order valence-corrected chi connectivity index (χ4v) is 3.71. The van der Waals surface area contributed by atoms with Gasteiger partial charge in [0.15, 0.2) is 5.82 Å². The van der Waals surface area contributed by atoms with Crippen LogP contribution in [0, 0.1) is 11.8 Å². The van der Waals surface area contributed by atoms with Gasteiger partial charge in [-0.1, -0.05) is 0 Å². The van der Waals surface area contributed by atoms with Gasteiger partial charge in [0.2, 0.25) is 12.3 Å². The third-order valence-electron chi connectivity index (χ3n) is 5.55. The zero-order chi connectivity index (χ0) is 17.6. The molecule has 4 rings (SSSR count). The number of halogens is 2. The average Bonchev–Trinajstić information content (AvgIpc) is 3.42. The van der Waals surface area contributed by atoms with Crippen LogP contribution in [0.3, 0.4) is 0 Å². The first kappa shape index (κ1) is 16.6. The molecule has 1 saturated heterocycles. The Hall–Kier alpha value is -1.83. The van der Waals surface area contributed by atoms with Gasteiger partial charge in [0.1, 0.15) is 0 Å².